The zero-order valence-electron chi connectivity index (χ0n) is 17.9. The molecular formula is C22H32N2O3S. The van der Waals surface area contributed by atoms with E-state index in [1.54, 1.807) is 11.3 Å². The first-order valence-electron chi connectivity index (χ1n) is 10.3. The van der Waals surface area contributed by atoms with Gasteiger partial charge in [0.25, 0.3) is 5.56 Å². The van der Waals surface area contributed by atoms with Gasteiger partial charge in [0.05, 0.1) is 18.3 Å². The molecule has 2 unspecified atom stereocenters. The first-order valence-corrected chi connectivity index (χ1v) is 11.1. The molecule has 0 N–H and O–H groups in total. The minimum Gasteiger partial charge on any atom is -0.464 e. The molecule has 6 heteroatoms. The lowest BCUT2D eigenvalue weighted by molar-refractivity contribution is -0.149. The van der Waals surface area contributed by atoms with Gasteiger partial charge < -0.3 is 4.74 Å². The van der Waals surface area contributed by atoms with Gasteiger partial charge in [-0.1, -0.05) is 41.5 Å². The van der Waals surface area contributed by atoms with Crippen molar-refractivity contribution in [3.8, 4) is 0 Å². The number of carbonyl (C=O) groups is 1. The van der Waals surface area contributed by atoms with Crippen molar-refractivity contribution in [2.75, 3.05) is 6.61 Å². The summed E-state index contributed by atoms with van der Waals surface area (Å²) in [6, 6.07) is -0.621. The van der Waals surface area contributed by atoms with Crippen LogP contribution in [0, 0.1) is 17.3 Å². The van der Waals surface area contributed by atoms with Crippen molar-refractivity contribution < 1.29 is 9.53 Å². The maximum atomic E-state index is 13.3. The Hall–Kier alpha value is -1.69. The highest BCUT2D eigenvalue weighted by molar-refractivity contribution is 7.18. The molecule has 0 fully saturated rings. The van der Waals surface area contributed by atoms with Gasteiger partial charge in [-0.3, -0.25) is 9.36 Å². The van der Waals surface area contributed by atoms with Crippen LogP contribution in [0.2, 0.25) is 0 Å². The number of ether oxygens (including phenoxy) is 1. The summed E-state index contributed by atoms with van der Waals surface area (Å²) in [5.74, 6) is 0.527. The van der Waals surface area contributed by atoms with Crippen molar-refractivity contribution in [1.29, 1.82) is 0 Å². The lowest BCUT2D eigenvalue weighted by Gasteiger charge is -2.33. The van der Waals surface area contributed by atoms with Crippen LogP contribution in [0.3, 0.4) is 0 Å². The first-order chi connectivity index (χ1) is 13.1. The zero-order valence-corrected chi connectivity index (χ0v) is 18.7. The molecule has 0 saturated carbocycles. The number of hydrogen-bond donors (Lipinski definition) is 0. The van der Waals surface area contributed by atoms with E-state index in [1.165, 1.54) is 15.8 Å². The summed E-state index contributed by atoms with van der Waals surface area (Å²) in [6.07, 6.45) is 5.03. The summed E-state index contributed by atoms with van der Waals surface area (Å²) < 4.78 is 6.88. The third-order valence-electron chi connectivity index (χ3n) is 5.77. The number of fused-ring (bicyclic) bond motifs is 3. The summed E-state index contributed by atoms with van der Waals surface area (Å²) in [6.45, 7) is 13.1. The zero-order chi connectivity index (χ0) is 20.6. The lowest BCUT2D eigenvalue weighted by atomic mass is 9.72. The standard InChI is InChI=1S/C22H32N2O3S/c1-7-16(21(26)27-11-13(2)3)24-12-23-19-18(20(24)25)15-9-8-14(22(4,5)6)10-17(15)28-19/h12-14,16H,7-11H2,1-6H3. The summed E-state index contributed by atoms with van der Waals surface area (Å²) in [5, 5.41) is 0.713. The van der Waals surface area contributed by atoms with Crippen LogP contribution in [0.5, 0.6) is 0 Å². The Kier molecular flexibility index (Phi) is 5.99. The van der Waals surface area contributed by atoms with Crippen LogP contribution in [-0.2, 0) is 22.4 Å². The van der Waals surface area contributed by atoms with Crippen molar-refractivity contribution in [3.05, 3.63) is 27.1 Å². The van der Waals surface area contributed by atoms with Crippen molar-refractivity contribution in [1.82, 2.24) is 9.55 Å². The third kappa shape index (κ3) is 4.02. The molecule has 0 radical (unpaired) electrons. The third-order valence-corrected chi connectivity index (χ3v) is 6.94. The fraction of sp³-hybridized carbons (Fsp3) is 0.682. The normalized spacial score (nSPS) is 18.3. The number of nitrogens with zero attached hydrogens (tertiary/aromatic N) is 2. The molecule has 0 saturated heterocycles. The average molecular weight is 405 g/mol. The van der Waals surface area contributed by atoms with E-state index in [1.807, 2.05) is 20.8 Å². The highest BCUT2D eigenvalue weighted by Gasteiger charge is 2.32. The van der Waals surface area contributed by atoms with E-state index < -0.39 is 6.04 Å². The van der Waals surface area contributed by atoms with Gasteiger partial charge >= 0.3 is 5.97 Å². The van der Waals surface area contributed by atoms with E-state index in [9.17, 15) is 9.59 Å². The van der Waals surface area contributed by atoms with Gasteiger partial charge in [-0.2, -0.15) is 0 Å². The number of aromatic nitrogens is 2. The van der Waals surface area contributed by atoms with E-state index in [2.05, 4.69) is 25.8 Å². The highest BCUT2D eigenvalue weighted by atomic mass is 32.1. The van der Waals surface area contributed by atoms with Crippen LogP contribution in [0.15, 0.2) is 11.1 Å². The number of carbonyl (C=O) groups excluding carboxylic acids is 1. The fourth-order valence-corrected chi connectivity index (χ4v) is 5.22. The number of aryl methyl sites for hydroxylation is 1. The molecular weight excluding hydrogens is 372 g/mol. The molecule has 0 bridgehead atoms. The van der Waals surface area contributed by atoms with Crippen LogP contribution in [0.4, 0.5) is 0 Å². The molecule has 0 aromatic carbocycles. The average Bonchev–Trinajstić information content (AvgIpc) is 3.00. The topological polar surface area (TPSA) is 61.2 Å². The Morgan fingerprint density at radius 3 is 2.71 bits per heavy atom. The predicted molar refractivity (Wildman–Crippen MR) is 114 cm³/mol. The molecule has 154 valence electrons. The quantitative estimate of drug-likeness (QED) is 0.674. The number of thiophene rings is 1. The van der Waals surface area contributed by atoms with Crippen LogP contribution >= 0.6 is 11.3 Å². The molecule has 28 heavy (non-hydrogen) atoms. The van der Waals surface area contributed by atoms with Gasteiger partial charge in [-0.25, -0.2) is 9.78 Å². The Bertz CT molecular complexity index is 920. The molecule has 2 atom stereocenters. The highest BCUT2D eigenvalue weighted by Crippen LogP contribution is 2.42. The summed E-state index contributed by atoms with van der Waals surface area (Å²) in [7, 11) is 0. The molecule has 2 aromatic rings. The van der Waals surface area contributed by atoms with Crippen LogP contribution in [0.1, 0.15) is 70.9 Å². The molecule has 2 aromatic heterocycles. The molecule has 1 aliphatic carbocycles. The van der Waals surface area contributed by atoms with Gasteiger partial charge in [0.2, 0.25) is 0 Å². The Labute approximate surface area is 171 Å². The summed E-state index contributed by atoms with van der Waals surface area (Å²) in [4.78, 5) is 32.5. The first kappa shape index (κ1) is 21.0. The summed E-state index contributed by atoms with van der Waals surface area (Å²) >= 11 is 1.64. The van der Waals surface area contributed by atoms with Crippen LogP contribution < -0.4 is 5.56 Å². The van der Waals surface area contributed by atoms with Gasteiger partial charge in [0.1, 0.15) is 10.9 Å². The number of rotatable bonds is 5. The molecule has 3 rings (SSSR count). The largest absolute Gasteiger partial charge is 0.464 e. The minimum absolute atomic E-state index is 0.106. The molecule has 5 nitrogen and oxygen atoms in total. The van der Waals surface area contributed by atoms with E-state index in [4.69, 9.17) is 4.74 Å². The van der Waals surface area contributed by atoms with Gasteiger partial charge in [0, 0.05) is 4.88 Å². The van der Waals surface area contributed by atoms with E-state index in [-0.39, 0.29) is 22.9 Å². The Balaban J connectivity index is 1.98. The lowest BCUT2D eigenvalue weighted by Crippen LogP contribution is -2.32. The van der Waals surface area contributed by atoms with Crippen molar-refractivity contribution in [2.45, 2.75) is 73.3 Å². The second kappa shape index (κ2) is 7.97. The van der Waals surface area contributed by atoms with E-state index >= 15 is 0 Å². The molecule has 0 amide bonds. The molecule has 2 heterocycles. The Morgan fingerprint density at radius 2 is 2.11 bits per heavy atom. The molecule has 0 spiro atoms. The van der Waals surface area contributed by atoms with Gasteiger partial charge in [-0.15, -0.1) is 11.3 Å². The SMILES string of the molecule is CCC(C(=O)OCC(C)C)n1cnc2sc3c(c2c1=O)CCC(C(C)(C)C)C3. The fourth-order valence-electron chi connectivity index (χ4n) is 3.96. The maximum absolute atomic E-state index is 13.3. The van der Waals surface area contributed by atoms with Crippen LogP contribution in [0.25, 0.3) is 10.2 Å². The van der Waals surface area contributed by atoms with Crippen LogP contribution in [-0.4, -0.2) is 22.1 Å². The molecule has 1 aliphatic rings. The van der Waals surface area contributed by atoms with E-state index in [0.717, 1.165) is 29.7 Å². The van der Waals surface area contributed by atoms with E-state index in [0.29, 0.717) is 24.3 Å². The predicted octanol–water partition coefficient (Wildman–Crippen LogP) is 4.76. The van der Waals surface area contributed by atoms with Gasteiger partial charge in [-0.05, 0) is 48.5 Å². The maximum Gasteiger partial charge on any atom is 0.329 e. The smallest absolute Gasteiger partial charge is 0.329 e. The monoisotopic (exact) mass is 404 g/mol. The van der Waals surface area contributed by atoms with Crippen molar-refractivity contribution in [2.24, 2.45) is 17.3 Å². The van der Waals surface area contributed by atoms with Crippen molar-refractivity contribution in [3.63, 3.8) is 0 Å². The number of esters is 1. The van der Waals surface area contributed by atoms with Crippen molar-refractivity contribution >= 4 is 27.5 Å². The van der Waals surface area contributed by atoms with Gasteiger partial charge in [0.15, 0.2) is 0 Å². The minimum atomic E-state index is -0.621. The summed E-state index contributed by atoms with van der Waals surface area (Å²) in [5.41, 5.74) is 1.30. The Morgan fingerprint density at radius 1 is 1.39 bits per heavy atom. The number of hydrogen-bond acceptors (Lipinski definition) is 5. The second-order valence-corrected chi connectivity index (χ2v) is 10.5. The molecule has 0 aliphatic heterocycles. The second-order valence-electron chi connectivity index (χ2n) is 9.39.